The number of rotatable bonds is 3. The molecule has 0 aliphatic carbocycles. The van der Waals surface area contributed by atoms with Crippen molar-refractivity contribution in [2.75, 3.05) is 6.61 Å². The van der Waals surface area contributed by atoms with Gasteiger partial charge in [0.1, 0.15) is 5.82 Å². The first-order valence-electron chi connectivity index (χ1n) is 8.05. The molecule has 0 saturated carbocycles. The van der Waals surface area contributed by atoms with E-state index in [1.54, 1.807) is 0 Å². The van der Waals surface area contributed by atoms with E-state index in [1.165, 1.54) is 5.56 Å². The van der Waals surface area contributed by atoms with Crippen LogP contribution in [-0.2, 0) is 11.3 Å². The molecular formula is C19H19ClN2O. The Morgan fingerprint density at radius 1 is 1.26 bits per heavy atom. The Morgan fingerprint density at radius 3 is 2.96 bits per heavy atom. The van der Waals surface area contributed by atoms with Gasteiger partial charge < -0.3 is 9.30 Å². The van der Waals surface area contributed by atoms with E-state index in [1.807, 2.05) is 18.2 Å². The summed E-state index contributed by atoms with van der Waals surface area (Å²) in [7, 11) is 0. The lowest BCUT2D eigenvalue weighted by Crippen LogP contribution is -2.15. The monoisotopic (exact) mass is 326 g/mol. The average molecular weight is 327 g/mol. The summed E-state index contributed by atoms with van der Waals surface area (Å²) in [5.74, 6) is 0.987. The summed E-state index contributed by atoms with van der Waals surface area (Å²) < 4.78 is 8.09. The van der Waals surface area contributed by atoms with Gasteiger partial charge in [0.25, 0.3) is 0 Å². The largest absolute Gasteiger partial charge is 0.376 e. The van der Waals surface area contributed by atoms with Gasteiger partial charge in [0.15, 0.2) is 0 Å². The number of hydrogen-bond donors (Lipinski definition) is 0. The number of nitrogens with zero attached hydrogens (tertiary/aromatic N) is 2. The zero-order valence-corrected chi connectivity index (χ0v) is 13.9. The second-order valence-electron chi connectivity index (χ2n) is 6.18. The first kappa shape index (κ1) is 14.7. The van der Waals surface area contributed by atoms with Crippen LogP contribution in [0.25, 0.3) is 22.4 Å². The Hall–Kier alpha value is -1.84. The maximum atomic E-state index is 6.22. The van der Waals surface area contributed by atoms with Gasteiger partial charge in [0.2, 0.25) is 0 Å². The summed E-state index contributed by atoms with van der Waals surface area (Å²) in [6.45, 7) is 3.78. The van der Waals surface area contributed by atoms with Crippen LogP contribution in [0, 0.1) is 6.92 Å². The molecule has 2 aromatic carbocycles. The van der Waals surface area contributed by atoms with Crippen molar-refractivity contribution in [2.24, 2.45) is 0 Å². The van der Waals surface area contributed by atoms with Crippen LogP contribution in [0.5, 0.6) is 0 Å². The maximum absolute atomic E-state index is 6.22. The molecule has 3 nitrogen and oxygen atoms in total. The number of benzene rings is 2. The van der Waals surface area contributed by atoms with Gasteiger partial charge in [-0.15, -0.1) is 0 Å². The van der Waals surface area contributed by atoms with E-state index in [-0.39, 0.29) is 6.10 Å². The standard InChI is InChI=1S/C19H19ClN2O/c1-13-4-2-5-14(10-13)19-21-17-8-7-15(20)11-18(17)22(19)12-16-6-3-9-23-16/h2,4-5,7-8,10-11,16H,3,6,9,12H2,1H3. The number of hydrogen-bond acceptors (Lipinski definition) is 2. The van der Waals surface area contributed by atoms with Gasteiger partial charge in [0.05, 0.1) is 23.7 Å². The van der Waals surface area contributed by atoms with Gasteiger partial charge in [-0.1, -0.05) is 35.4 Å². The van der Waals surface area contributed by atoms with Crippen LogP contribution < -0.4 is 0 Å². The van der Waals surface area contributed by atoms with Crippen molar-refractivity contribution in [1.29, 1.82) is 0 Å². The highest BCUT2D eigenvalue weighted by Gasteiger charge is 2.20. The van der Waals surface area contributed by atoms with E-state index < -0.39 is 0 Å². The molecule has 0 spiro atoms. The fourth-order valence-corrected chi connectivity index (χ4v) is 3.44. The second-order valence-corrected chi connectivity index (χ2v) is 6.62. The maximum Gasteiger partial charge on any atom is 0.141 e. The third-order valence-electron chi connectivity index (χ3n) is 4.40. The van der Waals surface area contributed by atoms with Crippen molar-refractivity contribution >= 4 is 22.6 Å². The summed E-state index contributed by atoms with van der Waals surface area (Å²) in [4.78, 5) is 4.86. The number of ether oxygens (including phenoxy) is 1. The molecule has 1 fully saturated rings. The average Bonchev–Trinajstić information content (AvgIpc) is 3.16. The Balaban J connectivity index is 1.87. The minimum absolute atomic E-state index is 0.259. The zero-order valence-electron chi connectivity index (χ0n) is 13.1. The van der Waals surface area contributed by atoms with Gasteiger partial charge in [-0.3, -0.25) is 0 Å². The van der Waals surface area contributed by atoms with Crippen LogP contribution >= 0.6 is 11.6 Å². The van der Waals surface area contributed by atoms with Crippen LogP contribution in [0.15, 0.2) is 42.5 Å². The molecule has 0 amide bonds. The lowest BCUT2D eigenvalue weighted by molar-refractivity contribution is 0.0982. The molecule has 0 bridgehead atoms. The fourth-order valence-electron chi connectivity index (χ4n) is 3.28. The van der Waals surface area contributed by atoms with E-state index in [0.717, 1.165) is 53.4 Å². The van der Waals surface area contributed by atoms with Gasteiger partial charge in [-0.05, 0) is 44.0 Å². The first-order chi connectivity index (χ1) is 11.2. The first-order valence-corrected chi connectivity index (χ1v) is 8.43. The van der Waals surface area contributed by atoms with Crippen LogP contribution in [-0.4, -0.2) is 22.3 Å². The number of imidazole rings is 1. The second kappa shape index (κ2) is 5.99. The normalized spacial score (nSPS) is 17.9. The Bertz CT molecular complexity index is 850. The Kier molecular flexibility index (Phi) is 3.83. The molecule has 2 heterocycles. The van der Waals surface area contributed by atoms with E-state index in [9.17, 15) is 0 Å². The summed E-state index contributed by atoms with van der Waals surface area (Å²) in [6.07, 6.45) is 2.50. The highest BCUT2D eigenvalue weighted by molar-refractivity contribution is 6.31. The molecule has 1 aromatic heterocycles. The highest BCUT2D eigenvalue weighted by Crippen LogP contribution is 2.29. The van der Waals surface area contributed by atoms with Crippen LogP contribution in [0.3, 0.4) is 0 Å². The predicted molar refractivity (Wildman–Crippen MR) is 93.9 cm³/mol. The topological polar surface area (TPSA) is 27.1 Å². The Labute approximate surface area is 140 Å². The van der Waals surface area contributed by atoms with Crippen LogP contribution in [0.1, 0.15) is 18.4 Å². The van der Waals surface area contributed by atoms with Crippen molar-refractivity contribution in [3.8, 4) is 11.4 Å². The lowest BCUT2D eigenvalue weighted by atomic mass is 10.1. The fraction of sp³-hybridized carbons (Fsp3) is 0.316. The number of halogens is 1. The quantitative estimate of drug-likeness (QED) is 0.688. The third-order valence-corrected chi connectivity index (χ3v) is 4.63. The summed E-state index contributed by atoms with van der Waals surface area (Å²) in [6, 6.07) is 14.4. The van der Waals surface area contributed by atoms with Gasteiger partial charge in [0, 0.05) is 17.2 Å². The molecule has 1 aliphatic heterocycles. The molecule has 1 aliphatic rings. The van der Waals surface area contributed by atoms with E-state index >= 15 is 0 Å². The molecule has 23 heavy (non-hydrogen) atoms. The van der Waals surface area contributed by atoms with Crippen molar-refractivity contribution in [3.63, 3.8) is 0 Å². The van der Waals surface area contributed by atoms with E-state index in [4.69, 9.17) is 21.3 Å². The molecule has 1 unspecified atom stereocenters. The minimum Gasteiger partial charge on any atom is -0.376 e. The summed E-state index contributed by atoms with van der Waals surface area (Å²) >= 11 is 6.22. The minimum atomic E-state index is 0.259. The van der Waals surface area contributed by atoms with Gasteiger partial charge >= 0.3 is 0 Å². The molecule has 0 N–H and O–H groups in total. The number of fused-ring (bicyclic) bond motifs is 1. The molecule has 3 aromatic rings. The van der Waals surface area contributed by atoms with Crippen molar-refractivity contribution in [1.82, 2.24) is 9.55 Å². The van der Waals surface area contributed by atoms with Crippen LogP contribution in [0.2, 0.25) is 5.02 Å². The summed E-state index contributed by atoms with van der Waals surface area (Å²) in [5, 5.41) is 0.738. The molecule has 4 rings (SSSR count). The summed E-state index contributed by atoms with van der Waals surface area (Å²) in [5.41, 5.74) is 4.42. The van der Waals surface area contributed by atoms with Gasteiger partial charge in [-0.2, -0.15) is 0 Å². The molecule has 0 radical (unpaired) electrons. The van der Waals surface area contributed by atoms with E-state index in [0.29, 0.717) is 0 Å². The zero-order chi connectivity index (χ0) is 15.8. The SMILES string of the molecule is Cc1cccc(-c2nc3ccc(Cl)cc3n2CC2CCCO2)c1. The molecular weight excluding hydrogens is 308 g/mol. The Morgan fingerprint density at radius 2 is 2.17 bits per heavy atom. The molecule has 4 heteroatoms. The van der Waals surface area contributed by atoms with Crippen LogP contribution in [0.4, 0.5) is 0 Å². The lowest BCUT2D eigenvalue weighted by Gasteiger charge is -2.14. The van der Waals surface area contributed by atoms with Crippen molar-refractivity contribution in [3.05, 3.63) is 53.1 Å². The highest BCUT2D eigenvalue weighted by atomic mass is 35.5. The van der Waals surface area contributed by atoms with Crippen molar-refractivity contribution in [2.45, 2.75) is 32.4 Å². The smallest absolute Gasteiger partial charge is 0.141 e. The van der Waals surface area contributed by atoms with E-state index in [2.05, 4.69) is 35.8 Å². The third kappa shape index (κ3) is 2.87. The van der Waals surface area contributed by atoms with Gasteiger partial charge in [-0.25, -0.2) is 4.98 Å². The number of aromatic nitrogens is 2. The number of aryl methyl sites for hydroxylation is 1. The van der Waals surface area contributed by atoms with Crippen molar-refractivity contribution < 1.29 is 4.74 Å². The molecule has 1 saturated heterocycles. The molecule has 1 atom stereocenters. The molecule has 118 valence electrons. The predicted octanol–water partition coefficient (Wildman–Crippen LogP) is 4.84.